The van der Waals surface area contributed by atoms with Crippen molar-refractivity contribution in [3.05, 3.63) is 46.5 Å². The number of piperidine rings is 1. The Labute approximate surface area is 197 Å². The fourth-order valence-electron chi connectivity index (χ4n) is 4.12. The molecule has 0 spiro atoms. The van der Waals surface area contributed by atoms with Gasteiger partial charge in [0.1, 0.15) is 0 Å². The minimum Gasteiger partial charge on any atom is -0.475 e. The Morgan fingerprint density at radius 2 is 1.74 bits per heavy atom. The number of carboxylic acid groups (broad SMARTS) is 1. The second kappa shape index (κ2) is 10.00. The van der Waals surface area contributed by atoms with Crippen LogP contribution in [0.1, 0.15) is 47.1 Å². The number of rotatable bonds is 3. The van der Waals surface area contributed by atoms with E-state index in [1.807, 2.05) is 26.9 Å². The number of carboxylic acids is 1. The third-order valence-electron chi connectivity index (χ3n) is 5.92. The van der Waals surface area contributed by atoms with Gasteiger partial charge in [-0.3, -0.25) is 4.79 Å². The molecule has 8 nitrogen and oxygen atoms in total. The van der Waals surface area contributed by atoms with Gasteiger partial charge in [0.2, 0.25) is 0 Å². The fourth-order valence-corrected chi connectivity index (χ4v) is 4.81. The summed E-state index contributed by atoms with van der Waals surface area (Å²) in [5.74, 6) is -1.36. The summed E-state index contributed by atoms with van der Waals surface area (Å²) in [6, 6.07) is 8.06. The Balaban J connectivity index is 0.000000344. The number of halogens is 3. The first-order chi connectivity index (χ1) is 16.2. The average Bonchev–Trinajstić information content (AvgIpc) is 3.59. The van der Waals surface area contributed by atoms with Gasteiger partial charge in [0.15, 0.2) is 11.5 Å². The maximum Gasteiger partial charge on any atom is 0.490 e. The minimum absolute atomic E-state index is 0.154. The number of nitrogens with zero attached hydrogens (tertiary/aromatic N) is 5. The summed E-state index contributed by atoms with van der Waals surface area (Å²) in [5, 5.41) is 13.8. The Kier molecular flexibility index (Phi) is 7.05. The summed E-state index contributed by atoms with van der Waals surface area (Å²) in [7, 11) is 0. The van der Waals surface area contributed by atoms with Crippen LogP contribution >= 0.6 is 11.3 Å². The zero-order valence-corrected chi connectivity index (χ0v) is 19.1. The Morgan fingerprint density at radius 3 is 2.32 bits per heavy atom. The molecule has 0 unspecified atom stereocenters. The van der Waals surface area contributed by atoms with Crippen molar-refractivity contribution in [2.45, 2.75) is 37.8 Å². The van der Waals surface area contributed by atoms with Gasteiger partial charge in [-0.2, -0.15) is 18.3 Å². The van der Waals surface area contributed by atoms with Gasteiger partial charge in [0, 0.05) is 32.1 Å². The summed E-state index contributed by atoms with van der Waals surface area (Å²) >= 11 is 1.51. The molecule has 2 fully saturated rings. The van der Waals surface area contributed by atoms with Crippen molar-refractivity contribution in [1.29, 1.82) is 0 Å². The van der Waals surface area contributed by atoms with Crippen molar-refractivity contribution in [2.75, 3.05) is 31.1 Å². The number of anilines is 1. The first-order valence-corrected chi connectivity index (χ1v) is 11.8. The van der Waals surface area contributed by atoms with Crippen LogP contribution in [0.4, 0.5) is 18.9 Å². The van der Waals surface area contributed by atoms with E-state index in [0.29, 0.717) is 5.92 Å². The molecule has 2 aliphatic rings. The van der Waals surface area contributed by atoms with Crippen LogP contribution in [-0.4, -0.2) is 68.8 Å². The quantitative estimate of drug-likeness (QED) is 0.590. The highest BCUT2D eigenvalue weighted by molar-refractivity contribution is 7.12. The number of fused-ring (bicyclic) bond motifs is 1. The lowest BCUT2D eigenvalue weighted by atomic mass is 9.96. The van der Waals surface area contributed by atoms with Crippen molar-refractivity contribution in [1.82, 2.24) is 19.5 Å². The molecule has 0 bridgehead atoms. The first kappa shape index (κ1) is 24.0. The molecular formula is C22H24F3N5O3S. The van der Waals surface area contributed by atoms with Crippen LogP contribution in [0.2, 0.25) is 0 Å². The maximum atomic E-state index is 12.5. The Bertz CT molecular complexity index is 1130. The van der Waals surface area contributed by atoms with E-state index in [1.165, 1.54) is 29.9 Å². The summed E-state index contributed by atoms with van der Waals surface area (Å²) in [4.78, 5) is 31.4. The van der Waals surface area contributed by atoms with E-state index in [-0.39, 0.29) is 5.91 Å². The third kappa shape index (κ3) is 5.49. The summed E-state index contributed by atoms with van der Waals surface area (Å²) in [6.45, 7) is 3.81. The number of hydrogen-bond donors (Lipinski definition) is 1. The van der Waals surface area contributed by atoms with E-state index < -0.39 is 12.1 Å². The van der Waals surface area contributed by atoms with E-state index in [4.69, 9.17) is 20.0 Å². The molecule has 3 aromatic heterocycles. The van der Waals surface area contributed by atoms with Crippen molar-refractivity contribution in [3.63, 3.8) is 0 Å². The molecule has 2 aliphatic heterocycles. The van der Waals surface area contributed by atoms with Gasteiger partial charge in [0.05, 0.1) is 16.8 Å². The van der Waals surface area contributed by atoms with Gasteiger partial charge < -0.3 is 14.9 Å². The monoisotopic (exact) mass is 495 g/mol. The number of aromatic nitrogens is 3. The Morgan fingerprint density at radius 1 is 1.06 bits per heavy atom. The number of pyridine rings is 1. The van der Waals surface area contributed by atoms with Crippen LogP contribution in [0.25, 0.3) is 5.65 Å². The lowest BCUT2D eigenvalue weighted by Crippen LogP contribution is -2.37. The molecule has 0 atom stereocenters. The van der Waals surface area contributed by atoms with Crippen molar-refractivity contribution in [2.24, 2.45) is 0 Å². The van der Waals surface area contributed by atoms with Gasteiger partial charge in [-0.1, -0.05) is 6.07 Å². The lowest BCUT2D eigenvalue weighted by Gasteiger charge is -2.30. The Hall–Kier alpha value is -3.15. The lowest BCUT2D eigenvalue weighted by molar-refractivity contribution is -0.192. The second-order valence-corrected chi connectivity index (χ2v) is 9.15. The van der Waals surface area contributed by atoms with Crippen LogP contribution in [0.5, 0.6) is 0 Å². The number of thiophene rings is 1. The van der Waals surface area contributed by atoms with Gasteiger partial charge in [-0.05, 0) is 49.3 Å². The highest BCUT2D eigenvalue weighted by atomic mass is 32.1. The van der Waals surface area contributed by atoms with Gasteiger partial charge in [0.25, 0.3) is 5.91 Å². The molecule has 0 radical (unpaired) electrons. The molecule has 34 heavy (non-hydrogen) atoms. The van der Waals surface area contributed by atoms with E-state index in [1.54, 1.807) is 0 Å². The maximum absolute atomic E-state index is 12.5. The largest absolute Gasteiger partial charge is 0.490 e. The van der Waals surface area contributed by atoms with Crippen molar-refractivity contribution >= 4 is 34.5 Å². The number of alkyl halides is 3. The molecule has 5 heterocycles. The van der Waals surface area contributed by atoms with E-state index in [9.17, 15) is 18.0 Å². The number of hydrogen-bond acceptors (Lipinski definition) is 6. The molecule has 3 aromatic rings. The zero-order chi connectivity index (χ0) is 24.3. The molecule has 0 aromatic carbocycles. The minimum atomic E-state index is -5.08. The molecule has 12 heteroatoms. The predicted octanol–water partition coefficient (Wildman–Crippen LogP) is 4.04. The average molecular weight is 496 g/mol. The molecule has 2 saturated heterocycles. The normalized spacial score (nSPS) is 17.0. The number of carbonyl (C=O) groups excluding carboxylic acids is 1. The number of aliphatic carboxylic acids is 1. The molecular weight excluding hydrogens is 471 g/mol. The van der Waals surface area contributed by atoms with E-state index >= 15 is 0 Å². The van der Waals surface area contributed by atoms with Crippen LogP contribution in [0.15, 0.2) is 35.8 Å². The van der Waals surface area contributed by atoms with Crippen LogP contribution in [-0.2, 0) is 4.79 Å². The molecule has 182 valence electrons. The highest BCUT2D eigenvalue weighted by Gasteiger charge is 2.38. The number of likely N-dealkylation sites (tertiary alicyclic amines) is 1. The highest BCUT2D eigenvalue weighted by Crippen LogP contribution is 2.28. The standard InChI is InChI=1S/C20H23N5OS.C2HF3O2/c26-20(17-4-3-13-27-17)24-11-7-15(8-12-24)19-21-18-6-5-16(14-25(18)22-19)23-9-1-2-10-23;3-2(4,5)1(6)7/h3-6,13-15H,1-2,7-12H2;(H,6,7). The van der Waals surface area contributed by atoms with Crippen LogP contribution in [0, 0.1) is 0 Å². The number of amides is 1. The van der Waals surface area contributed by atoms with Crippen molar-refractivity contribution < 1.29 is 27.9 Å². The second-order valence-electron chi connectivity index (χ2n) is 8.20. The molecule has 1 amide bonds. The molecule has 0 saturated carbocycles. The van der Waals surface area contributed by atoms with Gasteiger partial charge in [-0.15, -0.1) is 11.3 Å². The van der Waals surface area contributed by atoms with E-state index in [2.05, 4.69) is 23.2 Å². The topological polar surface area (TPSA) is 91.0 Å². The van der Waals surface area contributed by atoms with Gasteiger partial charge >= 0.3 is 12.1 Å². The molecule has 5 rings (SSSR count). The van der Waals surface area contributed by atoms with Crippen LogP contribution in [0.3, 0.4) is 0 Å². The molecule has 1 N–H and O–H groups in total. The van der Waals surface area contributed by atoms with Gasteiger partial charge in [-0.25, -0.2) is 14.3 Å². The zero-order valence-electron chi connectivity index (χ0n) is 18.2. The van der Waals surface area contributed by atoms with E-state index in [0.717, 1.165) is 55.4 Å². The smallest absolute Gasteiger partial charge is 0.475 e. The molecule has 0 aliphatic carbocycles. The predicted molar refractivity (Wildman–Crippen MR) is 120 cm³/mol. The number of carbonyl (C=O) groups is 2. The third-order valence-corrected chi connectivity index (χ3v) is 6.78. The summed E-state index contributed by atoms with van der Waals surface area (Å²) < 4.78 is 33.7. The fraction of sp³-hybridized carbons (Fsp3) is 0.455. The summed E-state index contributed by atoms with van der Waals surface area (Å²) in [6.07, 6.45) is 1.40. The summed E-state index contributed by atoms with van der Waals surface area (Å²) in [5.41, 5.74) is 2.14. The first-order valence-electron chi connectivity index (χ1n) is 11.0. The van der Waals surface area contributed by atoms with Crippen molar-refractivity contribution in [3.8, 4) is 0 Å². The van der Waals surface area contributed by atoms with Crippen LogP contribution < -0.4 is 4.90 Å². The SMILES string of the molecule is O=C(O)C(F)(F)F.O=C(c1cccs1)N1CCC(c2nc3ccc(N4CCCC4)cn3n2)CC1.